The van der Waals surface area contributed by atoms with E-state index in [0.29, 0.717) is 29.1 Å². The molecule has 1 saturated carbocycles. The Balaban J connectivity index is 1.65. The monoisotopic (exact) mass is 394 g/mol. The van der Waals surface area contributed by atoms with Gasteiger partial charge in [-0.2, -0.15) is 5.10 Å². The molecule has 0 radical (unpaired) electrons. The average Bonchev–Trinajstić information content (AvgIpc) is 3.12. The summed E-state index contributed by atoms with van der Waals surface area (Å²) in [5, 5.41) is 7.60. The highest BCUT2D eigenvalue weighted by Gasteiger charge is 2.25. The van der Waals surface area contributed by atoms with E-state index in [-0.39, 0.29) is 17.8 Å². The summed E-state index contributed by atoms with van der Waals surface area (Å²) in [5.41, 5.74) is 4.26. The fourth-order valence-corrected chi connectivity index (χ4v) is 4.34. The zero-order valence-corrected chi connectivity index (χ0v) is 17.2. The lowest BCUT2D eigenvalue weighted by molar-refractivity contribution is 0.0911. The largest absolute Gasteiger partial charge is 0.349 e. The van der Waals surface area contributed by atoms with Crippen LogP contribution in [0.2, 0.25) is 0 Å². The summed E-state index contributed by atoms with van der Waals surface area (Å²) in [5.74, 6) is 0.138. The van der Waals surface area contributed by atoms with E-state index in [1.165, 1.54) is 12.5 Å². The van der Waals surface area contributed by atoms with Crippen LogP contribution in [-0.2, 0) is 6.42 Å². The second kappa shape index (κ2) is 7.93. The Morgan fingerprint density at radius 3 is 2.76 bits per heavy atom. The summed E-state index contributed by atoms with van der Waals surface area (Å²) >= 11 is 0. The lowest BCUT2D eigenvalue weighted by Gasteiger charge is -2.29. The molecule has 0 unspecified atom stereocenters. The van der Waals surface area contributed by atoms with Crippen molar-refractivity contribution in [3.05, 3.63) is 64.4 Å². The second-order valence-corrected chi connectivity index (χ2v) is 8.16. The highest BCUT2D eigenvalue weighted by molar-refractivity contribution is 5.99. The molecular weight excluding hydrogens is 367 g/mol. The Morgan fingerprint density at radius 2 is 2.00 bits per heavy atom. The zero-order valence-electron chi connectivity index (χ0n) is 17.2. The van der Waals surface area contributed by atoms with E-state index in [9.17, 15) is 9.18 Å². The van der Waals surface area contributed by atoms with Crippen LogP contribution >= 0.6 is 0 Å². The molecule has 1 fully saturated rings. The van der Waals surface area contributed by atoms with Crippen molar-refractivity contribution < 1.29 is 9.18 Å². The van der Waals surface area contributed by atoms with Crippen LogP contribution in [-0.4, -0.2) is 26.5 Å². The zero-order chi connectivity index (χ0) is 20.5. The van der Waals surface area contributed by atoms with Gasteiger partial charge in [0.2, 0.25) is 0 Å². The standard InChI is InChI=1S/C23H27FN4O/c1-14-8-4-7-11-21(14)27-23(29)19-13-25-28-16(3)18(15(2)26-22(19)28)12-17-9-5-6-10-20(17)24/h5-6,9-10,13-14,21H,4,7-8,11-12H2,1-3H3,(H,27,29)/t14-,21-/m1/s1. The number of fused-ring (bicyclic) bond motifs is 1. The number of nitrogens with zero attached hydrogens (tertiary/aromatic N) is 3. The topological polar surface area (TPSA) is 59.3 Å². The first-order valence-electron chi connectivity index (χ1n) is 10.3. The van der Waals surface area contributed by atoms with Crippen LogP contribution in [0.4, 0.5) is 4.39 Å². The maximum Gasteiger partial charge on any atom is 0.256 e. The van der Waals surface area contributed by atoms with E-state index in [1.807, 2.05) is 19.9 Å². The molecule has 4 rings (SSSR count). The molecule has 0 bridgehead atoms. The van der Waals surface area contributed by atoms with Gasteiger partial charge in [0, 0.05) is 23.9 Å². The third-order valence-electron chi connectivity index (χ3n) is 6.21. The molecule has 1 N–H and O–H groups in total. The van der Waals surface area contributed by atoms with Gasteiger partial charge in [-0.15, -0.1) is 0 Å². The minimum absolute atomic E-state index is 0.119. The number of carbonyl (C=O) groups is 1. The van der Waals surface area contributed by atoms with E-state index in [1.54, 1.807) is 22.8 Å². The van der Waals surface area contributed by atoms with Crippen LogP contribution in [0.1, 0.15) is 65.5 Å². The molecule has 2 atom stereocenters. The van der Waals surface area contributed by atoms with Gasteiger partial charge in [0.25, 0.3) is 5.91 Å². The first kappa shape index (κ1) is 19.6. The van der Waals surface area contributed by atoms with Crippen molar-refractivity contribution in [1.29, 1.82) is 0 Å². The first-order valence-corrected chi connectivity index (χ1v) is 10.3. The van der Waals surface area contributed by atoms with Gasteiger partial charge >= 0.3 is 0 Å². The summed E-state index contributed by atoms with van der Waals surface area (Å²) < 4.78 is 15.8. The van der Waals surface area contributed by atoms with Crippen LogP contribution < -0.4 is 5.32 Å². The maximum atomic E-state index is 14.1. The fourth-order valence-electron chi connectivity index (χ4n) is 4.34. The summed E-state index contributed by atoms with van der Waals surface area (Å²) in [6.07, 6.45) is 6.58. The van der Waals surface area contributed by atoms with Crippen molar-refractivity contribution in [2.75, 3.05) is 0 Å². The third-order valence-corrected chi connectivity index (χ3v) is 6.21. The molecule has 1 amide bonds. The molecule has 1 aliphatic carbocycles. The number of aryl methyl sites for hydroxylation is 2. The van der Waals surface area contributed by atoms with Gasteiger partial charge in [0.15, 0.2) is 5.65 Å². The Labute approximate surface area is 170 Å². The highest BCUT2D eigenvalue weighted by atomic mass is 19.1. The van der Waals surface area contributed by atoms with Crippen LogP contribution in [0, 0.1) is 25.6 Å². The molecule has 29 heavy (non-hydrogen) atoms. The summed E-state index contributed by atoms with van der Waals surface area (Å²) in [6, 6.07) is 6.97. The van der Waals surface area contributed by atoms with E-state index in [4.69, 9.17) is 0 Å². The van der Waals surface area contributed by atoms with Crippen molar-refractivity contribution in [3.63, 3.8) is 0 Å². The molecule has 6 heteroatoms. The summed E-state index contributed by atoms with van der Waals surface area (Å²) in [4.78, 5) is 17.6. The SMILES string of the molecule is Cc1nc2c(C(=O)N[C@@H]3CCCC[C@H]3C)cnn2c(C)c1Cc1ccccc1F. The number of nitrogens with one attached hydrogen (secondary N) is 1. The smallest absolute Gasteiger partial charge is 0.256 e. The molecular formula is C23H27FN4O. The second-order valence-electron chi connectivity index (χ2n) is 8.16. The van der Waals surface area contributed by atoms with Crippen molar-refractivity contribution in [1.82, 2.24) is 19.9 Å². The molecule has 0 saturated heterocycles. The molecule has 0 aliphatic heterocycles. The lowest BCUT2D eigenvalue weighted by Crippen LogP contribution is -2.41. The van der Waals surface area contributed by atoms with Gasteiger partial charge < -0.3 is 5.32 Å². The maximum absolute atomic E-state index is 14.1. The minimum Gasteiger partial charge on any atom is -0.349 e. The number of rotatable bonds is 4. The van der Waals surface area contributed by atoms with Crippen molar-refractivity contribution in [3.8, 4) is 0 Å². The molecule has 1 aliphatic rings. The molecule has 152 valence electrons. The number of hydrogen-bond donors (Lipinski definition) is 1. The molecule has 1 aromatic carbocycles. The molecule has 2 aromatic heterocycles. The number of carbonyl (C=O) groups excluding carboxylic acids is 1. The van der Waals surface area contributed by atoms with E-state index in [2.05, 4.69) is 22.3 Å². The van der Waals surface area contributed by atoms with Gasteiger partial charge in [-0.1, -0.05) is 38.0 Å². The van der Waals surface area contributed by atoms with Crippen molar-refractivity contribution in [2.45, 2.75) is 58.9 Å². The normalized spacial score (nSPS) is 19.4. The number of benzene rings is 1. The first-order chi connectivity index (χ1) is 14.0. The number of amides is 1. The van der Waals surface area contributed by atoms with E-state index in [0.717, 1.165) is 36.2 Å². The lowest BCUT2D eigenvalue weighted by atomic mass is 9.86. The molecule has 5 nitrogen and oxygen atoms in total. The van der Waals surface area contributed by atoms with Gasteiger partial charge in [0.1, 0.15) is 11.4 Å². The predicted molar refractivity (Wildman–Crippen MR) is 111 cm³/mol. The Kier molecular flexibility index (Phi) is 5.35. The predicted octanol–water partition coefficient (Wildman–Crippen LogP) is 4.38. The fraction of sp³-hybridized carbons (Fsp3) is 0.435. The summed E-state index contributed by atoms with van der Waals surface area (Å²) in [7, 11) is 0. The number of halogens is 1. The van der Waals surface area contributed by atoms with Crippen LogP contribution in [0.5, 0.6) is 0 Å². The molecule has 3 aromatic rings. The summed E-state index contributed by atoms with van der Waals surface area (Å²) in [6.45, 7) is 6.04. The molecule has 0 spiro atoms. The van der Waals surface area contributed by atoms with Crippen LogP contribution in [0.3, 0.4) is 0 Å². The minimum atomic E-state index is -0.228. The third kappa shape index (κ3) is 3.76. The quantitative estimate of drug-likeness (QED) is 0.714. The Bertz CT molecular complexity index is 1060. The van der Waals surface area contributed by atoms with E-state index < -0.39 is 0 Å². The number of hydrogen-bond acceptors (Lipinski definition) is 3. The molecule has 2 heterocycles. The highest BCUT2D eigenvalue weighted by Crippen LogP contribution is 2.25. The number of aromatic nitrogens is 3. The Morgan fingerprint density at radius 1 is 1.24 bits per heavy atom. The van der Waals surface area contributed by atoms with Crippen LogP contribution in [0.25, 0.3) is 5.65 Å². The van der Waals surface area contributed by atoms with Gasteiger partial charge in [-0.05, 0) is 49.8 Å². The van der Waals surface area contributed by atoms with Gasteiger partial charge in [-0.25, -0.2) is 13.9 Å². The van der Waals surface area contributed by atoms with Gasteiger partial charge in [0.05, 0.1) is 6.20 Å². The van der Waals surface area contributed by atoms with Crippen molar-refractivity contribution >= 4 is 11.6 Å². The Hall–Kier alpha value is -2.76. The van der Waals surface area contributed by atoms with Gasteiger partial charge in [-0.3, -0.25) is 4.79 Å². The van der Waals surface area contributed by atoms with Crippen LogP contribution in [0.15, 0.2) is 30.5 Å². The average molecular weight is 394 g/mol. The van der Waals surface area contributed by atoms with E-state index >= 15 is 0 Å². The van der Waals surface area contributed by atoms with Crippen molar-refractivity contribution in [2.24, 2.45) is 5.92 Å².